The van der Waals surface area contributed by atoms with Crippen LogP contribution in [-0.2, 0) is 14.3 Å². The number of carbonyl (C=O) groups excluding carboxylic acids is 2. The lowest BCUT2D eigenvalue weighted by molar-refractivity contribution is -0.137. The zero-order chi connectivity index (χ0) is 23.2. The Kier molecular flexibility index (Phi) is 7.27. The van der Waals surface area contributed by atoms with Gasteiger partial charge in [0.2, 0.25) is 5.91 Å². The van der Waals surface area contributed by atoms with E-state index in [4.69, 9.17) is 9.84 Å². The first-order chi connectivity index (χ1) is 16.0. The maximum absolute atomic E-state index is 12.5. The Morgan fingerprint density at radius 3 is 2.33 bits per heavy atom. The molecule has 0 aromatic heterocycles. The molecule has 2 aliphatic rings. The summed E-state index contributed by atoms with van der Waals surface area (Å²) in [5.74, 6) is -0.588. The highest BCUT2D eigenvalue weighted by molar-refractivity contribution is 5.79. The normalized spacial score (nSPS) is 17.2. The van der Waals surface area contributed by atoms with Crippen LogP contribution >= 0.6 is 0 Å². The van der Waals surface area contributed by atoms with Gasteiger partial charge in [-0.25, -0.2) is 4.79 Å². The lowest BCUT2D eigenvalue weighted by atomic mass is 9.93. The van der Waals surface area contributed by atoms with Gasteiger partial charge in [0.15, 0.2) is 0 Å². The number of piperidine rings is 1. The highest BCUT2D eigenvalue weighted by Crippen LogP contribution is 2.44. The van der Waals surface area contributed by atoms with Crippen LogP contribution in [0.5, 0.6) is 0 Å². The van der Waals surface area contributed by atoms with Gasteiger partial charge in [-0.1, -0.05) is 48.5 Å². The largest absolute Gasteiger partial charge is 0.481 e. The van der Waals surface area contributed by atoms with Crippen LogP contribution in [0.4, 0.5) is 4.79 Å². The maximum atomic E-state index is 12.5. The molecule has 2 amide bonds. The highest BCUT2D eigenvalue weighted by Gasteiger charge is 2.29. The fraction of sp³-hybridized carbons (Fsp3) is 0.423. The standard InChI is InChI=1S/C26H30N2O5/c29-24(28-15-5-6-18(16-28)11-12-25(30)31)13-14-27-26(32)33-17-23-21-9-3-1-7-19(21)20-8-2-4-10-22(20)23/h1-4,7-10,18,23H,5-6,11-17H2,(H,27,32)(H,30,31). The molecule has 2 N–H and O–H groups in total. The first-order valence-electron chi connectivity index (χ1n) is 11.6. The van der Waals surface area contributed by atoms with Gasteiger partial charge >= 0.3 is 12.1 Å². The van der Waals surface area contributed by atoms with Gasteiger partial charge in [0.05, 0.1) is 0 Å². The van der Waals surface area contributed by atoms with Crippen molar-refractivity contribution in [2.24, 2.45) is 5.92 Å². The molecule has 1 saturated heterocycles. The van der Waals surface area contributed by atoms with E-state index in [1.54, 1.807) is 4.90 Å². The van der Waals surface area contributed by atoms with Crippen LogP contribution in [0.2, 0.25) is 0 Å². The highest BCUT2D eigenvalue weighted by atomic mass is 16.5. The van der Waals surface area contributed by atoms with Crippen LogP contribution in [0, 0.1) is 5.92 Å². The predicted molar refractivity (Wildman–Crippen MR) is 124 cm³/mol. The van der Waals surface area contributed by atoms with E-state index in [0.29, 0.717) is 19.5 Å². The maximum Gasteiger partial charge on any atom is 0.407 e. The number of aliphatic carboxylic acids is 1. The average Bonchev–Trinajstić information content (AvgIpc) is 3.15. The number of hydrogen-bond acceptors (Lipinski definition) is 4. The molecule has 4 rings (SSSR count). The van der Waals surface area contributed by atoms with E-state index in [1.165, 1.54) is 11.1 Å². The number of benzene rings is 2. The number of amides is 2. The summed E-state index contributed by atoms with van der Waals surface area (Å²) >= 11 is 0. The molecule has 7 nitrogen and oxygen atoms in total. The van der Waals surface area contributed by atoms with Crippen molar-refractivity contribution in [2.75, 3.05) is 26.2 Å². The van der Waals surface area contributed by atoms with E-state index in [2.05, 4.69) is 29.6 Å². The minimum Gasteiger partial charge on any atom is -0.481 e. The molecule has 1 aliphatic carbocycles. The van der Waals surface area contributed by atoms with Crippen LogP contribution in [0.25, 0.3) is 11.1 Å². The molecule has 1 heterocycles. The number of hydrogen-bond donors (Lipinski definition) is 2. The Bertz CT molecular complexity index is 976. The van der Waals surface area contributed by atoms with Gasteiger partial charge in [-0.05, 0) is 47.4 Å². The lowest BCUT2D eigenvalue weighted by Gasteiger charge is -2.32. The lowest BCUT2D eigenvalue weighted by Crippen LogP contribution is -2.41. The van der Waals surface area contributed by atoms with Gasteiger partial charge < -0.3 is 20.1 Å². The molecule has 2 aromatic carbocycles. The summed E-state index contributed by atoms with van der Waals surface area (Å²) in [5, 5.41) is 11.6. The molecule has 174 valence electrons. The molecule has 7 heteroatoms. The Morgan fingerprint density at radius 1 is 1.00 bits per heavy atom. The Hall–Kier alpha value is -3.35. The van der Waals surface area contributed by atoms with Crippen molar-refractivity contribution in [3.8, 4) is 11.1 Å². The number of carboxylic acids is 1. The third-order valence-corrected chi connectivity index (χ3v) is 6.59. The third kappa shape index (κ3) is 5.53. The zero-order valence-corrected chi connectivity index (χ0v) is 18.7. The minimum absolute atomic E-state index is 0.000803. The van der Waals surface area contributed by atoms with E-state index in [1.807, 2.05) is 24.3 Å². The van der Waals surface area contributed by atoms with Crippen LogP contribution in [0.15, 0.2) is 48.5 Å². The second-order valence-corrected chi connectivity index (χ2v) is 8.78. The summed E-state index contributed by atoms with van der Waals surface area (Å²) in [5.41, 5.74) is 4.67. The number of nitrogens with one attached hydrogen (secondary N) is 1. The molecule has 1 unspecified atom stereocenters. The fourth-order valence-corrected chi connectivity index (χ4v) is 4.93. The molecule has 1 atom stereocenters. The number of rotatable bonds is 8. The summed E-state index contributed by atoms with van der Waals surface area (Å²) in [6, 6.07) is 16.3. The molecule has 0 bridgehead atoms. The summed E-state index contributed by atoms with van der Waals surface area (Å²) < 4.78 is 5.51. The second kappa shape index (κ2) is 10.5. The van der Waals surface area contributed by atoms with Gasteiger partial charge in [-0.3, -0.25) is 9.59 Å². The summed E-state index contributed by atoms with van der Waals surface area (Å²) in [6.07, 6.45) is 2.25. The molecule has 0 spiro atoms. The number of carbonyl (C=O) groups is 3. The number of ether oxygens (including phenoxy) is 1. The van der Waals surface area contributed by atoms with E-state index >= 15 is 0 Å². The molecule has 33 heavy (non-hydrogen) atoms. The number of fused-ring (bicyclic) bond motifs is 3. The second-order valence-electron chi connectivity index (χ2n) is 8.78. The molecule has 1 aliphatic heterocycles. The SMILES string of the molecule is O=C(O)CCC1CCCN(C(=O)CCNC(=O)OCC2c3ccccc3-c3ccccc32)C1. The van der Waals surface area contributed by atoms with Crippen LogP contribution < -0.4 is 5.32 Å². The van der Waals surface area contributed by atoms with Crippen molar-refractivity contribution in [3.05, 3.63) is 59.7 Å². The van der Waals surface area contributed by atoms with Crippen molar-refractivity contribution >= 4 is 18.0 Å². The molecule has 1 fully saturated rings. The predicted octanol–water partition coefficient (Wildman–Crippen LogP) is 4.02. The van der Waals surface area contributed by atoms with Crippen molar-refractivity contribution in [3.63, 3.8) is 0 Å². The quantitative estimate of drug-likeness (QED) is 0.633. The molecule has 0 radical (unpaired) electrons. The number of likely N-dealkylation sites (tertiary alicyclic amines) is 1. The Labute approximate surface area is 193 Å². The number of nitrogens with zero attached hydrogens (tertiary/aromatic N) is 1. The molecular formula is C26H30N2O5. The summed E-state index contributed by atoms with van der Waals surface area (Å²) in [7, 11) is 0. The fourth-order valence-electron chi connectivity index (χ4n) is 4.93. The summed E-state index contributed by atoms with van der Waals surface area (Å²) in [4.78, 5) is 37.4. The van der Waals surface area contributed by atoms with E-state index in [-0.39, 0.29) is 43.7 Å². The van der Waals surface area contributed by atoms with Crippen molar-refractivity contribution in [1.82, 2.24) is 10.2 Å². The van der Waals surface area contributed by atoms with Crippen LogP contribution in [0.3, 0.4) is 0 Å². The average molecular weight is 451 g/mol. The van der Waals surface area contributed by atoms with E-state index < -0.39 is 12.1 Å². The molecular weight excluding hydrogens is 420 g/mol. The minimum atomic E-state index is -0.800. The monoisotopic (exact) mass is 450 g/mol. The number of carboxylic acid groups (broad SMARTS) is 1. The van der Waals surface area contributed by atoms with Crippen LogP contribution in [-0.4, -0.2) is 54.2 Å². The summed E-state index contributed by atoms with van der Waals surface area (Å²) in [6.45, 7) is 1.74. The van der Waals surface area contributed by atoms with Crippen molar-refractivity contribution < 1.29 is 24.2 Å². The van der Waals surface area contributed by atoms with Crippen LogP contribution in [0.1, 0.15) is 49.1 Å². The van der Waals surface area contributed by atoms with E-state index in [0.717, 1.165) is 24.0 Å². The van der Waals surface area contributed by atoms with Gasteiger partial charge in [0.25, 0.3) is 0 Å². The van der Waals surface area contributed by atoms with Gasteiger partial charge in [-0.2, -0.15) is 0 Å². The Balaban J connectivity index is 1.22. The van der Waals surface area contributed by atoms with Gasteiger partial charge in [0.1, 0.15) is 6.61 Å². The third-order valence-electron chi connectivity index (χ3n) is 6.59. The number of alkyl carbamates (subject to hydrolysis) is 1. The van der Waals surface area contributed by atoms with E-state index in [9.17, 15) is 14.4 Å². The van der Waals surface area contributed by atoms with Gasteiger partial charge in [0, 0.05) is 38.4 Å². The topological polar surface area (TPSA) is 95.9 Å². The van der Waals surface area contributed by atoms with Crippen molar-refractivity contribution in [2.45, 2.75) is 38.0 Å². The molecule has 0 saturated carbocycles. The molecule has 2 aromatic rings. The zero-order valence-electron chi connectivity index (χ0n) is 18.7. The smallest absolute Gasteiger partial charge is 0.407 e. The Morgan fingerprint density at radius 2 is 1.67 bits per heavy atom. The first-order valence-corrected chi connectivity index (χ1v) is 11.6. The van der Waals surface area contributed by atoms with Crippen molar-refractivity contribution in [1.29, 1.82) is 0 Å². The van der Waals surface area contributed by atoms with Gasteiger partial charge in [-0.15, -0.1) is 0 Å². The first kappa shape index (κ1) is 22.8.